The largest absolute Gasteiger partial charge is 0.497 e. The highest BCUT2D eigenvalue weighted by atomic mass is 32.1. The van der Waals surface area contributed by atoms with E-state index in [-0.39, 0.29) is 11.9 Å². The van der Waals surface area contributed by atoms with Gasteiger partial charge in [-0.15, -0.1) is 0 Å². The molecule has 1 aliphatic heterocycles. The number of methoxy groups -OCH3 is 1. The van der Waals surface area contributed by atoms with E-state index in [1.54, 1.807) is 23.5 Å². The van der Waals surface area contributed by atoms with Gasteiger partial charge in [0.15, 0.2) is 0 Å². The number of hydrazone groups is 1. The summed E-state index contributed by atoms with van der Waals surface area (Å²) in [5.41, 5.74) is 5.66. The van der Waals surface area contributed by atoms with Crippen LogP contribution in [0.2, 0.25) is 0 Å². The molecule has 4 aromatic rings. The molecule has 33 heavy (non-hydrogen) atoms. The summed E-state index contributed by atoms with van der Waals surface area (Å²) in [6, 6.07) is 19.7. The maximum Gasteiger partial charge on any atom is 0.242 e. The molecule has 166 valence electrons. The molecule has 5 rings (SSSR count). The number of hydrogen-bond acceptors (Lipinski definition) is 5. The maximum absolute atomic E-state index is 12.9. The standard InChI is InChI=1S/C26H24N4O2S/c1-3-25(31)30-24(15-23(27-30)19-12-13-33-17-19)22-16-29(20-9-5-4-6-10-20)28-26(22)18-8-7-11-21(14-18)32-2/h4-14,16-17,24H,3,15H2,1-2H3. The van der Waals surface area contributed by atoms with Gasteiger partial charge in [0.2, 0.25) is 5.91 Å². The Morgan fingerprint density at radius 1 is 1.12 bits per heavy atom. The molecular weight excluding hydrogens is 432 g/mol. The monoisotopic (exact) mass is 456 g/mol. The van der Waals surface area contributed by atoms with E-state index in [9.17, 15) is 4.79 Å². The van der Waals surface area contributed by atoms with E-state index in [1.165, 1.54) is 0 Å². The second kappa shape index (κ2) is 9.03. The quantitative estimate of drug-likeness (QED) is 0.374. The maximum atomic E-state index is 12.9. The third-order valence-electron chi connectivity index (χ3n) is 5.79. The van der Waals surface area contributed by atoms with Crippen molar-refractivity contribution in [2.24, 2.45) is 5.10 Å². The van der Waals surface area contributed by atoms with Crippen LogP contribution >= 0.6 is 11.3 Å². The Morgan fingerprint density at radius 2 is 1.97 bits per heavy atom. The van der Waals surface area contributed by atoms with Crippen LogP contribution in [0.25, 0.3) is 16.9 Å². The van der Waals surface area contributed by atoms with Crippen molar-refractivity contribution in [3.05, 3.63) is 88.7 Å². The van der Waals surface area contributed by atoms with E-state index in [1.807, 2.05) is 77.8 Å². The fourth-order valence-electron chi connectivity index (χ4n) is 4.09. The zero-order chi connectivity index (χ0) is 22.8. The molecule has 2 aromatic carbocycles. The summed E-state index contributed by atoms with van der Waals surface area (Å²) in [5, 5.41) is 15.5. The van der Waals surface area contributed by atoms with Crippen LogP contribution in [0.1, 0.15) is 36.9 Å². The highest BCUT2D eigenvalue weighted by Gasteiger charge is 2.35. The summed E-state index contributed by atoms with van der Waals surface area (Å²) in [7, 11) is 1.65. The molecule has 0 spiro atoms. The van der Waals surface area contributed by atoms with Gasteiger partial charge in [-0.2, -0.15) is 21.5 Å². The number of rotatable bonds is 6. The van der Waals surface area contributed by atoms with Crippen LogP contribution in [0.15, 0.2) is 82.7 Å². The lowest BCUT2D eigenvalue weighted by atomic mass is 9.97. The number of para-hydroxylation sites is 1. The Hall–Kier alpha value is -3.71. The molecule has 0 fully saturated rings. The van der Waals surface area contributed by atoms with Gasteiger partial charge in [0.1, 0.15) is 5.75 Å². The van der Waals surface area contributed by atoms with Crippen molar-refractivity contribution in [1.29, 1.82) is 0 Å². The average Bonchev–Trinajstić information content (AvgIpc) is 3.63. The highest BCUT2D eigenvalue weighted by Crippen LogP contribution is 2.39. The number of amides is 1. The van der Waals surface area contributed by atoms with Crippen molar-refractivity contribution in [1.82, 2.24) is 14.8 Å². The van der Waals surface area contributed by atoms with Crippen LogP contribution in [0.5, 0.6) is 5.75 Å². The second-order valence-corrected chi connectivity index (χ2v) is 8.60. The van der Waals surface area contributed by atoms with Gasteiger partial charge in [-0.1, -0.05) is 37.3 Å². The van der Waals surface area contributed by atoms with Crippen LogP contribution in [0.3, 0.4) is 0 Å². The Balaban J connectivity index is 1.64. The van der Waals surface area contributed by atoms with Crippen molar-refractivity contribution in [2.75, 3.05) is 7.11 Å². The van der Waals surface area contributed by atoms with Gasteiger partial charge in [-0.3, -0.25) is 4.79 Å². The molecular formula is C26H24N4O2S. The van der Waals surface area contributed by atoms with Gasteiger partial charge in [0, 0.05) is 35.7 Å². The smallest absolute Gasteiger partial charge is 0.242 e. The molecule has 1 atom stereocenters. The topological polar surface area (TPSA) is 59.7 Å². The van der Waals surface area contributed by atoms with Gasteiger partial charge in [0.25, 0.3) is 0 Å². The van der Waals surface area contributed by atoms with Crippen molar-refractivity contribution in [2.45, 2.75) is 25.8 Å². The first-order chi connectivity index (χ1) is 16.2. The molecule has 2 aromatic heterocycles. The van der Waals surface area contributed by atoms with Crippen LogP contribution < -0.4 is 4.74 Å². The van der Waals surface area contributed by atoms with Gasteiger partial charge < -0.3 is 4.74 Å². The summed E-state index contributed by atoms with van der Waals surface area (Å²) in [6.07, 6.45) is 3.05. The first-order valence-electron chi connectivity index (χ1n) is 10.9. The predicted octanol–water partition coefficient (Wildman–Crippen LogP) is 5.70. The van der Waals surface area contributed by atoms with E-state index in [0.29, 0.717) is 12.8 Å². The first kappa shape index (κ1) is 21.2. The molecule has 1 unspecified atom stereocenters. The van der Waals surface area contributed by atoms with Gasteiger partial charge >= 0.3 is 0 Å². The zero-order valence-corrected chi connectivity index (χ0v) is 19.3. The molecule has 0 bridgehead atoms. The van der Waals surface area contributed by atoms with E-state index in [2.05, 4.69) is 11.4 Å². The second-order valence-electron chi connectivity index (χ2n) is 7.82. The fraction of sp³-hybridized carbons (Fsp3) is 0.192. The molecule has 0 saturated heterocycles. The summed E-state index contributed by atoms with van der Waals surface area (Å²) >= 11 is 1.63. The van der Waals surface area contributed by atoms with Crippen LogP contribution in [-0.4, -0.2) is 33.5 Å². The Kier molecular flexibility index (Phi) is 5.79. The lowest BCUT2D eigenvalue weighted by Crippen LogP contribution is -2.26. The average molecular weight is 457 g/mol. The molecule has 7 heteroatoms. The number of aromatic nitrogens is 2. The molecule has 0 aliphatic carbocycles. The SMILES string of the molecule is CCC(=O)N1N=C(c2ccsc2)CC1c1cn(-c2ccccc2)nc1-c1cccc(OC)c1. The van der Waals surface area contributed by atoms with Crippen molar-refractivity contribution < 1.29 is 9.53 Å². The number of thiophene rings is 1. The molecule has 0 N–H and O–H groups in total. The van der Waals surface area contributed by atoms with E-state index in [4.69, 9.17) is 14.9 Å². The number of hydrogen-bond donors (Lipinski definition) is 0. The summed E-state index contributed by atoms with van der Waals surface area (Å²) in [5.74, 6) is 0.755. The third kappa shape index (κ3) is 4.07. The zero-order valence-electron chi connectivity index (χ0n) is 18.5. The molecule has 1 amide bonds. The minimum Gasteiger partial charge on any atom is -0.497 e. The van der Waals surface area contributed by atoms with E-state index < -0.39 is 0 Å². The highest BCUT2D eigenvalue weighted by molar-refractivity contribution is 7.08. The normalized spacial score (nSPS) is 15.5. The predicted molar refractivity (Wildman–Crippen MR) is 131 cm³/mol. The lowest BCUT2D eigenvalue weighted by Gasteiger charge is -2.21. The molecule has 3 heterocycles. The lowest BCUT2D eigenvalue weighted by molar-refractivity contribution is -0.132. The molecule has 1 aliphatic rings. The van der Waals surface area contributed by atoms with Crippen LogP contribution in [-0.2, 0) is 4.79 Å². The number of ether oxygens (including phenoxy) is 1. The summed E-state index contributed by atoms with van der Waals surface area (Å²) in [6.45, 7) is 1.87. The van der Waals surface area contributed by atoms with Crippen LogP contribution in [0, 0.1) is 0 Å². The van der Waals surface area contributed by atoms with Gasteiger partial charge in [-0.05, 0) is 41.1 Å². The number of carbonyl (C=O) groups excluding carboxylic acids is 1. The minimum atomic E-state index is -0.231. The Labute approximate surface area is 196 Å². The molecule has 0 saturated carbocycles. The number of nitrogens with zero attached hydrogens (tertiary/aromatic N) is 4. The van der Waals surface area contributed by atoms with Gasteiger partial charge in [-0.25, -0.2) is 9.69 Å². The molecule has 0 radical (unpaired) electrons. The van der Waals surface area contributed by atoms with Crippen LogP contribution in [0.4, 0.5) is 0 Å². The fourth-order valence-corrected chi connectivity index (χ4v) is 4.75. The summed E-state index contributed by atoms with van der Waals surface area (Å²) < 4.78 is 7.33. The Bertz CT molecular complexity index is 1300. The van der Waals surface area contributed by atoms with Crippen molar-refractivity contribution >= 4 is 23.0 Å². The van der Waals surface area contributed by atoms with Crippen molar-refractivity contribution in [3.8, 4) is 22.7 Å². The number of carbonyl (C=O) groups is 1. The van der Waals surface area contributed by atoms with Gasteiger partial charge in [0.05, 0.1) is 30.2 Å². The minimum absolute atomic E-state index is 0.00529. The Morgan fingerprint density at radius 3 is 2.70 bits per heavy atom. The first-order valence-corrected chi connectivity index (χ1v) is 11.8. The van der Waals surface area contributed by atoms with Crippen molar-refractivity contribution in [3.63, 3.8) is 0 Å². The summed E-state index contributed by atoms with van der Waals surface area (Å²) in [4.78, 5) is 12.9. The van der Waals surface area contributed by atoms with E-state index >= 15 is 0 Å². The number of benzene rings is 2. The third-order valence-corrected chi connectivity index (χ3v) is 6.47. The van der Waals surface area contributed by atoms with E-state index in [0.717, 1.165) is 39.5 Å². The molecule has 6 nitrogen and oxygen atoms in total.